The van der Waals surface area contributed by atoms with Crippen molar-refractivity contribution in [3.63, 3.8) is 0 Å². The minimum Gasteiger partial charge on any atom is -0.460 e. The van der Waals surface area contributed by atoms with E-state index < -0.39 is 59.9 Å². The molecule has 0 radical (unpaired) electrons. The number of amides is 2. The van der Waals surface area contributed by atoms with E-state index in [1.165, 1.54) is 18.3 Å². The van der Waals surface area contributed by atoms with Crippen LogP contribution in [0.2, 0.25) is 0 Å². The lowest BCUT2D eigenvalue weighted by Crippen LogP contribution is -2.48. The van der Waals surface area contributed by atoms with Crippen LogP contribution in [0.25, 0.3) is 0 Å². The number of hydrogen-bond acceptors (Lipinski definition) is 6. The van der Waals surface area contributed by atoms with Gasteiger partial charge in [-0.2, -0.15) is 0 Å². The molecule has 2 atom stereocenters. The van der Waals surface area contributed by atoms with Gasteiger partial charge in [0.15, 0.2) is 5.78 Å². The zero-order valence-electron chi connectivity index (χ0n) is 22.6. The van der Waals surface area contributed by atoms with Gasteiger partial charge in [0.25, 0.3) is 11.5 Å². The first-order valence-electron chi connectivity index (χ1n) is 12.7. The lowest BCUT2D eigenvalue weighted by Gasteiger charge is -2.25. The summed E-state index contributed by atoms with van der Waals surface area (Å²) in [6.07, 6.45) is 0.838. The van der Waals surface area contributed by atoms with Crippen LogP contribution >= 0.6 is 0 Å². The number of ketones is 1. The molecule has 0 spiro atoms. The van der Waals surface area contributed by atoms with Gasteiger partial charge in [-0.25, -0.2) is 4.39 Å². The van der Waals surface area contributed by atoms with E-state index in [2.05, 4.69) is 10.6 Å². The molecule has 0 unspecified atom stereocenters. The van der Waals surface area contributed by atoms with Crippen molar-refractivity contribution in [3.8, 4) is 0 Å². The van der Waals surface area contributed by atoms with E-state index in [-0.39, 0.29) is 12.1 Å². The molecule has 10 heteroatoms. The summed E-state index contributed by atoms with van der Waals surface area (Å²) < 4.78 is 19.7. The molecule has 0 saturated heterocycles. The van der Waals surface area contributed by atoms with Gasteiger partial charge in [0.05, 0.1) is 6.42 Å². The zero-order chi connectivity index (χ0) is 29.3. The van der Waals surface area contributed by atoms with Crippen LogP contribution < -0.4 is 16.2 Å². The molecule has 2 N–H and O–H groups in total. The quantitative estimate of drug-likeness (QED) is 0.352. The Morgan fingerprint density at radius 3 is 2.15 bits per heavy atom. The first-order chi connectivity index (χ1) is 19.0. The minimum absolute atomic E-state index is 0.0334. The summed E-state index contributed by atoms with van der Waals surface area (Å²) in [5.41, 5.74) is -0.534. The summed E-state index contributed by atoms with van der Waals surface area (Å²) in [4.78, 5) is 64.4. The summed E-state index contributed by atoms with van der Waals surface area (Å²) in [6.45, 7) is 3.52. The van der Waals surface area contributed by atoms with Gasteiger partial charge in [0.1, 0.15) is 30.0 Å². The molecule has 0 bridgehead atoms. The molecule has 3 aromatic rings. The number of rotatable bonds is 11. The number of pyridine rings is 1. The molecule has 1 heterocycles. The molecule has 0 aliphatic rings. The van der Waals surface area contributed by atoms with E-state index in [0.717, 1.165) is 4.57 Å². The smallest absolute Gasteiger partial charge is 0.308 e. The Labute approximate surface area is 231 Å². The Hall–Kier alpha value is -4.60. The second-order valence-electron chi connectivity index (χ2n) is 10.1. The monoisotopic (exact) mass is 549 g/mol. The predicted octanol–water partition coefficient (Wildman–Crippen LogP) is 3.64. The predicted molar refractivity (Wildman–Crippen MR) is 148 cm³/mol. The van der Waals surface area contributed by atoms with Gasteiger partial charge in [-0.05, 0) is 50.6 Å². The fourth-order valence-corrected chi connectivity index (χ4v) is 3.95. The largest absolute Gasteiger partial charge is 0.460 e. The fraction of sp³-hybridized carbons (Fsp3) is 0.300. The molecule has 0 saturated carbocycles. The van der Waals surface area contributed by atoms with E-state index in [1.54, 1.807) is 81.4 Å². The van der Waals surface area contributed by atoms with Crippen molar-refractivity contribution in [1.29, 1.82) is 0 Å². The summed E-state index contributed by atoms with van der Waals surface area (Å²) in [5.74, 6) is -3.09. The first kappa shape index (κ1) is 29.9. The molecule has 40 heavy (non-hydrogen) atoms. The fourth-order valence-electron chi connectivity index (χ4n) is 3.95. The van der Waals surface area contributed by atoms with E-state index in [0.29, 0.717) is 11.1 Å². The lowest BCUT2D eigenvalue weighted by atomic mass is 10.0. The van der Waals surface area contributed by atoms with Crippen LogP contribution in [0.4, 0.5) is 10.1 Å². The first-order valence-corrected chi connectivity index (χ1v) is 12.7. The number of esters is 1. The van der Waals surface area contributed by atoms with Gasteiger partial charge in [-0.15, -0.1) is 0 Å². The van der Waals surface area contributed by atoms with Crippen LogP contribution in [0.1, 0.15) is 49.2 Å². The number of aromatic nitrogens is 1. The Morgan fingerprint density at radius 1 is 0.925 bits per heavy atom. The average Bonchev–Trinajstić information content (AvgIpc) is 2.92. The van der Waals surface area contributed by atoms with Crippen molar-refractivity contribution >= 4 is 29.3 Å². The highest BCUT2D eigenvalue weighted by Gasteiger charge is 2.31. The van der Waals surface area contributed by atoms with Crippen LogP contribution in [0, 0.1) is 0 Å². The number of nitrogens with one attached hydrogen (secondary N) is 2. The van der Waals surface area contributed by atoms with Crippen molar-refractivity contribution in [1.82, 2.24) is 9.88 Å². The Balaban J connectivity index is 1.93. The van der Waals surface area contributed by atoms with E-state index in [4.69, 9.17) is 4.74 Å². The van der Waals surface area contributed by atoms with Gasteiger partial charge in [0, 0.05) is 18.2 Å². The summed E-state index contributed by atoms with van der Waals surface area (Å²) >= 11 is 0. The summed E-state index contributed by atoms with van der Waals surface area (Å²) in [5, 5.41) is 5.01. The number of halogens is 1. The van der Waals surface area contributed by atoms with Crippen molar-refractivity contribution in [3.05, 3.63) is 100 Å². The molecule has 1 aromatic heterocycles. The minimum atomic E-state index is -1.50. The number of alkyl halides is 1. The molecule has 2 aromatic carbocycles. The third kappa shape index (κ3) is 8.45. The molecule has 2 amide bonds. The molecular weight excluding hydrogens is 517 g/mol. The second kappa shape index (κ2) is 13.5. The number of carbonyl (C=O) groups excluding carboxylic acids is 4. The van der Waals surface area contributed by atoms with Gasteiger partial charge >= 0.3 is 5.97 Å². The SMILES string of the molecule is CC(C)(C)OC(=O)C[C@@H](NC(=O)[C@H](Cc1ccccc1)n1cccc(NC(=O)c2ccccc2)c1=O)C(=O)CF. The average molecular weight is 550 g/mol. The Bertz CT molecular complexity index is 1400. The van der Waals surface area contributed by atoms with Crippen LogP contribution in [0.15, 0.2) is 83.8 Å². The third-order valence-electron chi connectivity index (χ3n) is 5.80. The van der Waals surface area contributed by atoms with E-state index >= 15 is 0 Å². The topological polar surface area (TPSA) is 124 Å². The molecule has 3 rings (SSSR count). The summed E-state index contributed by atoms with van der Waals surface area (Å²) in [7, 11) is 0. The van der Waals surface area contributed by atoms with Crippen molar-refractivity contribution in [2.75, 3.05) is 12.0 Å². The lowest BCUT2D eigenvalue weighted by molar-refractivity contribution is -0.156. The van der Waals surface area contributed by atoms with Gasteiger partial charge in [0.2, 0.25) is 5.91 Å². The van der Waals surface area contributed by atoms with Gasteiger partial charge in [-0.1, -0.05) is 48.5 Å². The molecule has 9 nitrogen and oxygen atoms in total. The van der Waals surface area contributed by atoms with E-state index in [9.17, 15) is 28.4 Å². The van der Waals surface area contributed by atoms with Crippen LogP contribution in [-0.2, 0) is 25.5 Å². The molecular formula is C30H32FN3O6. The number of anilines is 1. The number of hydrogen-bond donors (Lipinski definition) is 2. The van der Waals surface area contributed by atoms with Crippen molar-refractivity contribution < 1.29 is 28.3 Å². The van der Waals surface area contributed by atoms with Crippen molar-refractivity contribution in [2.24, 2.45) is 0 Å². The molecule has 0 fully saturated rings. The number of nitrogens with zero attached hydrogens (tertiary/aromatic N) is 1. The maximum Gasteiger partial charge on any atom is 0.308 e. The number of Topliss-reactive ketones (excluding diaryl/α,β-unsaturated/α-hetero) is 1. The number of carbonyl (C=O) groups is 4. The molecule has 0 aliphatic heterocycles. The highest BCUT2D eigenvalue weighted by molar-refractivity contribution is 6.04. The maximum atomic E-state index is 13.6. The number of benzene rings is 2. The highest BCUT2D eigenvalue weighted by Crippen LogP contribution is 2.17. The summed E-state index contributed by atoms with van der Waals surface area (Å²) in [6, 6.07) is 17.4. The number of ether oxygens (including phenoxy) is 1. The maximum absolute atomic E-state index is 13.6. The Kier molecular flexibility index (Phi) is 10.1. The Morgan fingerprint density at radius 2 is 1.55 bits per heavy atom. The van der Waals surface area contributed by atoms with Crippen LogP contribution in [0.5, 0.6) is 0 Å². The zero-order valence-corrected chi connectivity index (χ0v) is 22.6. The van der Waals surface area contributed by atoms with Gasteiger partial charge in [-0.3, -0.25) is 24.0 Å². The standard InChI is InChI=1S/C30H32FN3O6/c1-30(2,3)40-26(36)18-23(25(35)19-31)33-28(38)24(17-20-11-6-4-7-12-20)34-16-10-15-22(29(34)39)32-27(37)21-13-8-5-9-14-21/h4-16,23-24H,17-19H2,1-3H3,(H,32,37)(H,33,38)/t23-,24+/m1/s1. The highest BCUT2D eigenvalue weighted by atomic mass is 19.1. The van der Waals surface area contributed by atoms with Gasteiger partial charge < -0.3 is 19.9 Å². The van der Waals surface area contributed by atoms with Crippen LogP contribution in [-0.4, -0.2) is 46.5 Å². The van der Waals surface area contributed by atoms with Crippen molar-refractivity contribution in [2.45, 2.75) is 51.3 Å². The molecule has 0 aliphatic carbocycles. The van der Waals surface area contributed by atoms with Crippen LogP contribution in [0.3, 0.4) is 0 Å². The second-order valence-corrected chi connectivity index (χ2v) is 10.1. The molecule has 210 valence electrons. The third-order valence-corrected chi connectivity index (χ3v) is 5.80. The van der Waals surface area contributed by atoms with E-state index in [1.807, 2.05) is 0 Å². The normalized spacial score (nSPS) is 12.6.